The van der Waals surface area contributed by atoms with Crippen LogP contribution >= 0.6 is 0 Å². The van der Waals surface area contributed by atoms with Gasteiger partial charge in [-0.2, -0.15) is 0 Å². The summed E-state index contributed by atoms with van der Waals surface area (Å²) in [5, 5.41) is 10.3. The Morgan fingerprint density at radius 1 is 0.952 bits per heavy atom. The number of ether oxygens (including phenoxy) is 1. The first-order chi connectivity index (χ1) is 10.3. The van der Waals surface area contributed by atoms with Crippen molar-refractivity contribution in [3.8, 4) is 0 Å². The van der Waals surface area contributed by atoms with Gasteiger partial charge in [-0.15, -0.1) is 0 Å². The second-order valence-electron chi connectivity index (χ2n) is 6.45. The summed E-state index contributed by atoms with van der Waals surface area (Å²) in [6.45, 7) is 1.61. The third-order valence-corrected chi connectivity index (χ3v) is 5.36. The second kappa shape index (κ2) is 5.43. The largest absolute Gasteiger partial charge is 0.392 e. The van der Waals surface area contributed by atoms with E-state index in [-0.39, 0.29) is 12.0 Å². The van der Waals surface area contributed by atoms with Crippen molar-refractivity contribution >= 4 is 0 Å². The maximum absolute atomic E-state index is 10.3. The molecule has 1 saturated heterocycles. The Labute approximate surface area is 126 Å². The van der Waals surface area contributed by atoms with Crippen LogP contribution in [-0.4, -0.2) is 24.4 Å². The molecule has 3 aliphatic rings. The lowest BCUT2D eigenvalue weighted by atomic mass is 9.77. The minimum absolute atomic E-state index is 0.208. The summed E-state index contributed by atoms with van der Waals surface area (Å²) in [4.78, 5) is 0. The van der Waals surface area contributed by atoms with Crippen LogP contribution in [0.4, 0.5) is 0 Å². The van der Waals surface area contributed by atoms with Crippen molar-refractivity contribution in [3.63, 3.8) is 0 Å². The van der Waals surface area contributed by atoms with E-state index < -0.39 is 0 Å². The van der Waals surface area contributed by atoms with Crippen molar-refractivity contribution in [2.45, 2.75) is 31.3 Å². The first kappa shape index (κ1) is 13.3. The number of rotatable bonds is 1. The van der Waals surface area contributed by atoms with Crippen LogP contribution in [0.15, 0.2) is 53.6 Å². The smallest absolute Gasteiger partial charge is 0.0682 e. The molecular formula is C19H22O2. The second-order valence-corrected chi connectivity index (χ2v) is 6.45. The topological polar surface area (TPSA) is 29.5 Å². The van der Waals surface area contributed by atoms with E-state index in [2.05, 4.69) is 42.5 Å². The van der Waals surface area contributed by atoms with Crippen LogP contribution < -0.4 is 0 Å². The summed E-state index contributed by atoms with van der Waals surface area (Å²) in [6.07, 6.45) is 7.42. The highest BCUT2D eigenvalue weighted by atomic mass is 16.5. The number of hydrogen-bond acceptors (Lipinski definition) is 2. The van der Waals surface area contributed by atoms with Gasteiger partial charge in [0.2, 0.25) is 0 Å². The highest BCUT2D eigenvalue weighted by Gasteiger charge is 2.38. The molecule has 1 N–H and O–H groups in total. The van der Waals surface area contributed by atoms with E-state index in [1.807, 2.05) is 0 Å². The van der Waals surface area contributed by atoms with Crippen LogP contribution in [0.1, 0.15) is 30.7 Å². The number of aliphatic hydroxyl groups is 1. The van der Waals surface area contributed by atoms with Gasteiger partial charge in [0.1, 0.15) is 0 Å². The third kappa shape index (κ3) is 2.27. The van der Waals surface area contributed by atoms with E-state index in [1.165, 1.54) is 16.7 Å². The predicted octanol–water partition coefficient (Wildman–Crippen LogP) is 3.44. The first-order valence-corrected chi connectivity index (χ1v) is 8.05. The van der Waals surface area contributed by atoms with Gasteiger partial charge in [-0.1, -0.05) is 48.1 Å². The molecule has 2 fully saturated rings. The molecule has 1 aromatic rings. The molecule has 0 radical (unpaired) electrons. The van der Waals surface area contributed by atoms with Crippen LogP contribution in [0, 0.1) is 11.8 Å². The molecular weight excluding hydrogens is 260 g/mol. The van der Waals surface area contributed by atoms with Gasteiger partial charge in [-0.05, 0) is 36.3 Å². The van der Waals surface area contributed by atoms with Crippen LogP contribution in [0.5, 0.6) is 0 Å². The molecule has 2 heteroatoms. The summed E-state index contributed by atoms with van der Waals surface area (Å²) < 4.78 is 5.75. The fourth-order valence-electron chi connectivity index (χ4n) is 4.29. The van der Waals surface area contributed by atoms with Crippen molar-refractivity contribution in [2.75, 3.05) is 13.2 Å². The van der Waals surface area contributed by atoms with E-state index in [0.717, 1.165) is 32.5 Å². The average molecular weight is 282 g/mol. The Balaban J connectivity index is 1.79. The molecule has 1 saturated carbocycles. The molecule has 0 amide bonds. The molecule has 2 nitrogen and oxygen atoms in total. The van der Waals surface area contributed by atoms with Gasteiger partial charge in [0.25, 0.3) is 0 Å². The molecule has 4 atom stereocenters. The minimum Gasteiger partial charge on any atom is -0.392 e. The summed E-state index contributed by atoms with van der Waals surface area (Å²) in [6, 6.07) is 10.8. The van der Waals surface area contributed by atoms with E-state index in [4.69, 9.17) is 4.74 Å². The van der Waals surface area contributed by atoms with E-state index in [9.17, 15) is 5.11 Å². The zero-order valence-electron chi connectivity index (χ0n) is 12.2. The zero-order valence-corrected chi connectivity index (χ0v) is 12.2. The summed E-state index contributed by atoms with van der Waals surface area (Å²) >= 11 is 0. The Hall–Kier alpha value is -1.38. The number of fused-ring (bicyclic) bond motifs is 2. The molecule has 1 heterocycles. The van der Waals surface area contributed by atoms with Gasteiger partial charge in [0, 0.05) is 18.4 Å². The summed E-state index contributed by atoms with van der Waals surface area (Å²) in [7, 11) is 0. The number of allylic oxidation sites excluding steroid dienone is 1. The summed E-state index contributed by atoms with van der Waals surface area (Å²) in [5.74, 6) is 1.19. The lowest BCUT2D eigenvalue weighted by Crippen LogP contribution is -2.25. The van der Waals surface area contributed by atoms with Crippen molar-refractivity contribution in [1.82, 2.24) is 0 Å². The van der Waals surface area contributed by atoms with Crippen LogP contribution in [0.25, 0.3) is 0 Å². The Morgan fingerprint density at radius 3 is 2.62 bits per heavy atom. The normalized spacial score (nSPS) is 35.3. The van der Waals surface area contributed by atoms with E-state index in [0.29, 0.717) is 11.8 Å². The molecule has 1 aliphatic heterocycles. The number of aliphatic hydroxyl groups excluding tert-OH is 1. The maximum Gasteiger partial charge on any atom is 0.0682 e. The van der Waals surface area contributed by atoms with Gasteiger partial charge >= 0.3 is 0 Å². The Kier molecular flexibility index (Phi) is 3.44. The lowest BCUT2D eigenvalue weighted by Gasteiger charge is -2.32. The van der Waals surface area contributed by atoms with Crippen molar-refractivity contribution in [3.05, 3.63) is 59.2 Å². The molecule has 2 aliphatic carbocycles. The number of benzene rings is 1. The summed E-state index contributed by atoms with van der Waals surface area (Å²) in [5.41, 5.74) is 4.32. The highest BCUT2D eigenvalue weighted by Crippen LogP contribution is 2.46. The highest BCUT2D eigenvalue weighted by molar-refractivity contribution is 5.38. The lowest BCUT2D eigenvalue weighted by molar-refractivity contribution is 0.102. The average Bonchev–Trinajstić information content (AvgIpc) is 2.81. The maximum atomic E-state index is 10.3. The zero-order chi connectivity index (χ0) is 14.2. The molecule has 1 aromatic carbocycles. The monoisotopic (exact) mass is 282 g/mol. The SMILES string of the molecule is O[C@@H]1CCC2=C3COCC[C@H]3[C@H](c3ccccc3)C=C[C@@H]21. The third-order valence-electron chi connectivity index (χ3n) is 5.36. The van der Waals surface area contributed by atoms with Gasteiger partial charge in [0.05, 0.1) is 12.7 Å². The molecule has 0 unspecified atom stereocenters. The van der Waals surface area contributed by atoms with Gasteiger partial charge < -0.3 is 9.84 Å². The van der Waals surface area contributed by atoms with Gasteiger partial charge in [-0.3, -0.25) is 0 Å². The van der Waals surface area contributed by atoms with Gasteiger partial charge in [0.15, 0.2) is 0 Å². The molecule has 0 bridgehead atoms. The quantitative estimate of drug-likeness (QED) is 0.800. The molecule has 110 valence electrons. The van der Waals surface area contributed by atoms with E-state index >= 15 is 0 Å². The van der Waals surface area contributed by atoms with Crippen molar-refractivity contribution in [1.29, 1.82) is 0 Å². The number of hydrogen-bond donors (Lipinski definition) is 1. The predicted molar refractivity (Wildman–Crippen MR) is 83.0 cm³/mol. The molecule has 21 heavy (non-hydrogen) atoms. The van der Waals surface area contributed by atoms with Crippen LogP contribution in [0.3, 0.4) is 0 Å². The molecule has 0 spiro atoms. The van der Waals surface area contributed by atoms with Crippen molar-refractivity contribution in [2.24, 2.45) is 11.8 Å². The fraction of sp³-hybridized carbons (Fsp3) is 0.474. The minimum atomic E-state index is -0.208. The Morgan fingerprint density at radius 2 is 1.76 bits per heavy atom. The van der Waals surface area contributed by atoms with Gasteiger partial charge in [-0.25, -0.2) is 0 Å². The van der Waals surface area contributed by atoms with Crippen LogP contribution in [-0.2, 0) is 4.74 Å². The first-order valence-electron chi connectivity index (χ1n) is 8.05. The molecule has 4 rings (SSSR count). The fourth-order valence-corrected chi connectivity index (χ4v) is 4.29. The van der Waals surface area contributed by atoms with Crippen LogP contribution in [0.2, 0.25) is 0 Å². The Bertz CT molecular complexity index is 572. The van der Waals surface area contributed by atoms with E-state index in [1.54, 1.807) is 0 Å². The molecule has 0 aromatic heterocycles. The van der Waals surface area contributed by atoms with Crippen molar-refractivity contribution < 1.29 is 9.84 Å². The standard InChI is InChI=1S/C19H22O2/c20-19-9-8-15-17(19)7-6-14(13-4-2-1-3-5-13)16-10-11-21-12-18(15)16/h1-7,14,16-17,19-20H,8-12H2/t14-,16-,17-,19+/m0/s1.